The molecule has 1 amide bonds. The van der Waals surface area contributed by atoms with Crippen LogP contribution in [-0.4, -0.2) is 33.7 Å². The lowest BCUT2D eigenvalue weighted by molar-refractivity contribution is -0.157. The number of aromatic nitrogens is 2. The van der Waals surface area contributed by atoms with Gasteiger partial charge in [0.15, 0.2) is 0 Å². The zero-order valence-electron chi connectivity index (χ0n) is 19.1. The summed E-state index contributed by atoms with van der Waals surface area (Å²) in [4.78, 5) is 22.7. The average Bonchev–Trinajstić information content (AvgIpc) is 3.33. The van der Waals surface area contributed by atoms with Crippen LogP contribution >= 0.6 is 0 Å². The summed E-state index contributed by atoms with van der Waals surface area (Å²) < 4.78 is 42.9. The molecule has 0 saturated carbocycles. The molecule has 186 valence electrons. The maximum atomic E-state index is 12.7. The first kappa shape index (κ1) is 25.7. The number of amides is 1. The van der Waals surface area contributed by atoms with Crippen molar-refractivity contribution in [1.82, 2.24) is 15.5 Å². The molecular formula is C24H25F3N4O4. The van der Waals surface area contributed by atoms with Crippen LogP contribution in [0.2, 0.25) is 0 Å². The number of aliphatic carboxylic acids is 1. The second-order valence-corrected chi connectivity index (χ2v) is 8.02. The Balaban J connectivity index is 1.72. The van der Waals surface area contributed by atoms with Crippen LogP contribution in [0.3, 0.4) is 0 Å². The monoisotopic (exact) mass is 490 g/mol. The first-order valence-electron chi connectivity index (χ1n) is 11.0. The molecule has 0 aliphatic rings. The highest BCUT2D eigenvalue weighted by Gasteiger charge is 2.38. The van der Waals surface area contributed by atoms with E-state index < -0.39 is 18.0 Å². The molecular weight excluding hydrogens is 465 g/mol. The summed E-state index contributed by atoms with van der Waals surface area (Å²) in [6.07, 6.45) is -4.00. The third kappa shape index (κ3) is 6.81. The molecule has 1 heterocycles. The van der Waals surface area contributed by atoms with Crippen LogP contribution in [0.25, 0.3) is 11.5 Å². The van der Waals surface area contributed by atoms with Crippen LogP contribution in [-0.2, 0) is 11.0 Å². The fourth-order valence-corrected chi connectivity index (χ4v) is 3.36. The number of halogens is 3. The topological polar surface area (TPSA) is 117 Å². The fraction of sp³-hybridized carbons (Fsp3) is 0.333. The standard InChI is InChI=1S/C24H25F3N4O4/c1-3-14(2)20(29-18-10-8-16(9-11-18)21(34)28-13-12-19(32)33)15-4-6-17(7-5-15)22-30-31-23(35-22)24(25,26)27/h4-11,14,20,29H,3,12-13H2,1-2H3,(H,28,34)(H,32,33). The lowest BCUT2D eigenvalue weighted by atomic mass is 9.91. The van der Waals surface area contributed by atoms with Crippen LogP contribution in [0, 0.1) is 5.92 Å². The van der Waals surface area contributed by atoms with Gasteiger partial charge in [0.1, 0.15) is 0 Å². The largest absolute Gasteiger partial charge is 0.481 e. The molecule has 3 N–H and O–H groups in total. The van der Waals surface area contributed by atoms with Gasteiger partial charge in [0.05, 0.1) is 12.5 Å². The average molecular weight is 490 g/mol. The van der Waals surface area contributed by atoms with Crippen molar-refractivity contribution in [2.24, 2.45) is 5.92 Å². The maximum Gasteiger partial charge on any atom is 0.470 e. The molecule has 3 rings (SSSR count). The number of benzene rings is 2. The predicted octanol–water partition coefficient (Wildman–Crippen LogP) is 5.16. The van der Waals surface area contributed by atoms with Gasteiger partial charge in [-0.15, -0.1) is 10.2 Å². The molecule has 0 spiro atoms. The van der Waals surface area contributed by atoms with E-state index >= 15 is 0 Å². The van der Waals surface area contributed by atoms with Crippen LogP contribution in [0.15, 0.2) is 52.9 Å². The van der Waals surface area contributed by atoms with Crippen molar-refractivity contribution in [3.8, 4) is 11.5 Å². The van der Waals surface area contributed by atoms with Gasteiger partial charge in [0.25, 0.3) is 5.91 Å². The predicted molar refractivity (Wildman–Crippen MR) is 122 cm³/mol. The van der Waals surface area contributed by atoms with Gasteiger partial charge in [-0.2, -0.15) is 13.2 Å². The van der Waals surface area contributed by atoms with E-state index in [1.165, 1.54) is 0 Å². The number of carbonyl (C=O) groups is 2. The number of carbonyl (C=O) groups excluding carboxylic acids is 1. The van der Waals surface area contributed by atoms with Gasteiger partial charge in [0.2, 0.25) is 5.89 Å². The Hall–Kier alpha value is -3.89. The lowest BCUT2D eigenvalue weighted by Gasteiger charge is -2.26. The lowest BCUT2D eigenvalue weighted by Crippen LogP contribution is -2.26. The van der Waals surface area contributed by atoms with Crippen LogP contribution in [0.5, 0.6) is 0 Å². The molecule has 2 aromatic carbocycles. The first-order chi connectivity index (χ1) is 16.6. The van der Waals surface area contributed by atoms with E-state index in [0.717, 1.165) is 17.7 Å². The number of carboxylic acid groups (broad SMARTS) is 1. The van der Waals surface area contributed by atoms with Crippen molar-refractivity contribution in [1.29, 1.82) is 0 Å². The number of hydrogen-bond donors (Lipinski definition) is 3. The van der Waals surface area contributed by atoms with Crippen molar-refractivity contribution >= 4 is 17.6 Å². The second-order valence-electron chi connectivity index (χ2n) is 8.02. The summed E-state index contributed by atoms with van der Waals surface area (Å²) in [6.45, 7) is 4.17. The Bertz CT molecular complexity index is 1140. The highest BCUT2D eigenvalue weighted by molar-refractivity contribution is 5.94. The minimum Gasteiger partial charge on any atom is -0.481 e. The van der Waals surface area contributed by atoms with Crippen molar-refractivity contribution < 1.29 is 32.3 Å². The van der Waals surface area contributed by atoms with Crippen molar-refractivity contribution in [3.05, 3.63) is 65.5 Å². The summed E-state index contributed by atoms with van der Waals surface area (Å²) >= 11 is 0. The van der Waals surface area contributed by atoms with E-state index in [1.807, 2.05) is 0 Å². The number of nitrogens with one attached hydrogen (secondary N) is 2. The van der Waals surface area contributed by atoms with Gasteiger partial charge in [-0.1, -0.05) is 32.4 Å². The molecule has 8 nitrogen and oxygen atoms in total. The van der Waals surface area contributed by atoms with E-state index in [9.17, 15) is 22.8 Å². The van der Waals surface area contributed by atoms with Gasteiger partial charge in [-0.3, -0.25) is 9.59 Å². The van der Waals surface area contributed by atoms with Crippen molar-refractivity contribution in [2.45, 2.75) is 38.9 Å². The quantitative estimate of drug-likeness (QED) is 0.359. The molecule has 3 aromatic rings. The van der Waals surface area contributed by atoms with Crippen LogP contribution < -0.4 is 10.6 Å². The fourth-order valence-electron chi connectivity index (χ4n) is 3.36. The summed E-state index contributed by atoms with van der Waals surface area (Å²) in [5.41, 5.74) is 2.46. The number of anilines is 1. The maximum absolute atomic E-state index is 12.7. The summed E-state index contributed by atoms with van der Waals surface area (Å²) in [5.74, 6) is -2.75. The highest BCUT2D eigenvalue weighted by atomic mass is 19.4. The number of alkyl halides is 3. The highest BCUT2D eigenvalue weighted by Crippen LogP contribution is 2.32. The Morgan fingerprint density at radius 1 is 1.06 bits per heavy atom. The molecule has 2 unspecified atom stereocenters. The van der Waals surface area contributed by atoms with Gasteiger partial charge in [-0.05, 0) is 47.9 Å². The number of rotatable bonds is 10. The minimum atomic E-state index is -4.70. The normalized spacial score (nSPS) is 13.2. The van der Waals surface area contributed by atoms with E-state index in [1.54, 1.807) is 48.5 Å². The molecule has 11 heteroatoms. The van der Waals surface area contributed by atoms with E-state index in [4.69, 9.17) is 9.52 Å². The van der Waals surface area contributed by atoms with Crippen molar-refractivity contribution in [2.75, 3.05) is 11.9 Å². The Morgan fingerprint density at radius 2 is 1.71 bits per heavy atom. The third-order valence-electron chi connectivity index (χ3n) is 5.49. The SMILES string of the molecule is CCC(C)C(Nc1ccc(C(=O)NCCC(=O)O)cc1)c1ccc(-c2nnc(C(F)(F)F)o2)cc1. The van der Waals surface area contributed by atoms with Crippen LogP contribution in [0.4, 0.5) is 18.9 Å². The zero-order chi connectivity index (χ0) is 25.6. The third-order valence-corrected chi connectivity index (χ3v) is 5.49. The van der Waals surface area contributed by atoms with Gasteiger partial charge in [-0.25, -0.2) is 0 Å². The van der Waals surface area contributed by atoms with Crippen molar-refractivity contribution in [3.63, 3.8) is 0 Å². The van der Waals surface area contributed by atoms with E-state index in [0.29, 0.717) is 11.1 Å². The first-order valence-corrected chi connectivity index (χ1v) is 11.0. The smallest absolute Gasteiger partial charge is 0.470 e. The Labute approximate surface area is 199 Å². The Kier molecular flexibility index (Phi) is 8.10. The molecule has 0 aliphatic carbocycles. The summed E-state index contributed by atoms with van der Waals surface area (Å²) in [6, 6.07) is 13.5. The van der Waals surface area contributed by atoms with Crippen LogP contribution in [0.1, 0.15) is 54.5 Å². The molecule has 1 aromatic heterocycles. The second kappa shape index (κ2) is 11.0. The van der Waals surface area contributed by atoms with Gasteiger partial charge >= 0.3 is 18.0 Å². The molecule has 35 heavy (non-hydrogen) atoms. The molecule has 0 bridgehead atoms. The van der Waals surface area contributed by atoms with E-state index in [-0.39, 0.29) is 36.7 Å². The summed E-state index contributed by atoms with van der Waals surface area (Å²) in [7, 11) is 0. The van der Waals surface area contributed by atoms with Gasteiger partial charge in [0, 0.05) is 23.4 Å². The molecule has 0 aliphatic heterocycles. The minimum absolute atomic E-state index is 0.0430. The summed E-state index contributed by atoms with van der Waals surface area (Å²) in [5, 5.41) is 21.2. The number of hydrogen-bond acceptors (Lipinski definition) is 6. The molecule has 0 saturated heterocycles. The number of nitrogens with zero attached hydrogens (tertiary/aromatic N) is 2. The molecule has 2 atom stereocenters. The zero-order valence-corrected chi connectivity index (χ0v) is 19.1. The Morgan fingerprint density at radius 3 is 2.26 bits per heavy atom. The molecule has 0 fully saturated rings. The molecule has 0 radical (unpaired) electrons. The van der Waals surface area contributed by atoms with E-state index in [2.05, 4.69) is 34.7 Å². The number of carboxylic acids is 1. The van der Waals surface area contributed by atoms with Gasteiger partial charge < -0.3 is 20.2 Å².